The van der Waals surface area contributed by atoms with Crippen molar-refractivity contribution in [2.24, 2.45) is 18.9 Å². The van der Waals surface area contributed by atoms with Gasteiger partial charge in [-0.15, -0.1) is 0 Å². The predicted octanol–water partition coefficient (Wildman–Crippen LogP) is 3.66. The molecule has 0 spiro atoms. The van der Waals surface area contributed by atoms with E-state index in [0.29, 0.717) is 33.2 Å². The number of piperidine rings is 1. The topological polar surface area (TPSA) is 69.3 Å². The summed E-state index contributed by atoms with van der Waals surface area (Å²) in [7, 11) is 1.71. The summed E-state index contributed by atoms with van der Waals surface area (Å²) in [6.07, 6.45) is 3.79. The number of hydrogen-bond acceptors (Lipinski definition) is 6. The summed E-state index contributed by atoms with van der Waals surface area (Å²) in [5.41, 5.74) is 1.19. The molecule has 30 heavy (non-hydrogen) atoms. The number of carbonyl (C=O) groups excluding carboxylic acids is 1. The van der Waals surface area contributed by atoms with E-state index >= 15 is 0 Å². The zero-order valence-corrected chi connectivity index (χ0v) is 19.8. The Morgan fingerprint density at radius 1 is 1.27 bits per heavy atom. The Kier molecular flexibility index (Phi) is 6.73. The number of anilines is 1. The maximum absolute atomic E-state index is 12.9. The number of pyridine rings is 1. The number of aromatic nitrogens is 1. The Morgan fingerprint density at radius 3 is 2.47 bits per heavy atom. The second-order valence-electron chi connectivity index (χ2n) is 8.40. The summed E-state index contributed by atoms with van der Waals surface area (Å²) in [4.78, 5) is 30.2. The normalized spacial score (nSPS) is 23.4. The van der Waals surface area contributed by atoms with Crippen LogP contribution in [0.4, 0.5) is 5.82 Å². The first-order chi connectivity index (χ1) is 14.2. The molecule has 0 aromatic carbocycles. The Balaban J connectivity index is 2.20. The first-order valence-electron chi connectivity index (χ1n) is 10.3. The second-order valence-corrected chi connectivity index (χ2v) is 10.1. The average Bonchev–Trinajstić information content (AvgIpc) is 2.93. The lowest BCUT2D eigenvalue weighted by Gasteiger charge is -2.38. The molecule has 2 aliphatic rings. The first-order valence-corrected chi connectivity index (χ1v) is 11.6. The van der Waals surface area contributed by atoms with Crippen LogP contribution >= 0.6 is 24.0 Å². The van der Waals surface area contributed by atoms with Gasteiger partial charge in [-0.05, 0) is 43.2 Å². The van der Waals surface area contributed by atoms with Gasteiger partial charge < -0.3 is 4.90 Å². The quantitative estimate of drug-likeness (QED) is 0.521. The molecule has 1 aromatic heterocycles. The number of nitrogens with zero attached hydrogens (tertiary/aromatic N) is 4. The minimum atomic E-state index is -0.299. The number of hydrogen-bond donors (Lipinski definition) is 0. The van der Waals surface area contributed by atoms with Crippen LogP contribution in [0, 0.1) is 30.1 Å². The fraction of sp³-hybridized carbons (Fsp3) is 0.545. The Bertz CT molecular complexity index is 1010. The highest BCUT2D eigenvalue weighted by molar-refractivity contribution is 8.26. The molecule has 6 nitrogen and oxygen atoms in total. The highest BCUT2D eigenvalue weighted by Crippen LogP contribution is 2.37. The van der Waals surface area contributed by atoms with Gasteiger partial charge >= 0.3 is 0 Å². The molecule has 8 heteroatoms. The molecule has 2 saturated heterocycles. The van der Waals surface area contributed by atoms with Gasteiger partial charge in [0.2, 0.25) is 0 Å². The maximum Gasteiger partial charge on any atom is 0.270 e. The number of thioether (sulfide) groups is 1. The molecule has 2 aliphatic heterocycles. The fourth-order valence-corrected chi connectivity index (χ4v) is 5.77. The molecule has 1 amide bonds. The third kappa shape index (κ3) is 4.06. The fourth-order valence-electron chi connectivity index (χ4n) is 4.48. The molecule has 0 aliphatic carbocycles. The average molecular weight is 445 g/mol. The van der Waals surface area contributed by atoms with E-state index in [2.05, 4.69) is 24.8 Å². The smallest absolute Gasteiger partial charge is 0.270 e. The van der Waals surface area contributed by atoms with Gasteiger partial charge in [0.1, 0.15) is 21.8 Å². The van der Waals surface area contributed by atoms with Crippen molar-refractivity contribution in [1.29, 1.82) is 5.26 Å². The summed E-state index contributed by atoms with van der Waals surface area (Å²) in [5, 5.41) is 9.60. The number of nitriles is 1. The van der Waals surface area contributed by atoms with Gasteiger partial charge in [-0.2, -0.15) is 5.26 Å². The largest absolute Gasteiger partial charge is 0.357 e. The van der Waals surface area contributed by atoms with E-state index in [4.69, 9.17) is 12.2 Å². The molecular formula is C22H28N4O2S2. The number of amides is 1. The third-order valence-corrected chi connectivity index (χ3v) is 7.11. The summed E-state index contributed by atoms with van der Waals surface area (Å²) < 4.78 is 2.12. The van der Waals surface area contributed by atoms with E-state index in [-0.39, 0.29) is 17.0 Å². The van der Waals surface area contributed by atoms with Crippen molar-refractivity contribution in [2.75, 3.05) is 24.5 Å². The number of carbonyl (C=O) groups is 1. The summed E-state index contributed by atoms with van der Waals surface area (Å²) in [6.45, 7) is 10.5. The SMILES string of the molecule is CCCN1C(=O)/C(=C/c2c(C)c(C#N)c(=O)n(C)c2N2CC(C)CC(C)C2)SC1=S. The van der Waals surface area contributed by atoms with Gasteiger partial charge in [-0.25, -0.2) is 0 Å². The van der Waals surface area contributed by atoms with E-state index in [0.717, 1.165) is 37.3 Å². The molecule has 0 radical (unpaired) electrons. The van der Waals surface area contributed by atoms with Crippen LogP contribution in [0.15, 0.2) is 9.70 Å². The summed E-state index contributed by atoms with van der Waals surface area (Å²) >= 11 is 6.69. The molecule has 1 aromatic rings. The van der Waals surface area contributed by atoms with E-state index in [1.54, 1.807) is 23.4 Å². The van der Waals surface area contributed by atoms with Crippen molar-refractivity contribution in [3.05, 3.63) is 31.9 Å². The van der Waals surface area contributed by atoms with E-state index in [1.165, 1.54) is 11.8 Å². The third-order valence-electron chi connectivity index (χ3n) is 5.73. The molecule has 160 valence electrons. The van der Waals surface area contributed by atoms with Crippen molar-refractivity contribution in [1.82, 2.24) is 9.47 Å². The molecule has 0 saturated carbocycles. The lowest BCUT2D eigenvalue weighted by molar-refractivity contribution is -0.122. The second kappa shape index (κ2) is 8.94. The minimum absolute atomic E-state index is 0.107. The number of thiocarbonyl (C=S) groups is 1. The molecule has 2 unspecified atom stereocenters. The van der Waals surface area contributed by atoms with Gasteiger partial charge in [0.25, 0.3) is 11.5 Å². The van der Waals surface area contributed by atoms with Crippen LogP contribution in [-0.4, -0.2) is 39.3 Å². The van der Waals surface area contributed by atoms with E-state index in [9.17, 15) is 14.9 Å². The van der Waals surface area contributed by atoms with Crippen LogP contribution in [0.1, 0.15) is 50.3 Å². The van der Waals surface area contributed by atoms with Crippen molar-refractivity contribution in [3.63, 3.8) is 0 Å². The molecule has 0 N–H and O–H groups in total. The van der Waals surface area contributed by atoms with E-state index in [1.807, 2.05) is 13.0 Å². The van der Waals surface area contributed by atoms with Crippen LogP contribution in [0.2, 0.25) is 0 Å². The number of rotatable bonds is 4. The van der Waals surface area contributed by atoms with Crippen LogP contribution in [0.5, 0.6) is 0 Å². The Hall–Kier alpha value is -2.11. The van der Waals surface area contributed by atoms with Crippen molar-refractivity contribution >= 4 is 46.1 Å². The minimum Gasteiger partial charge on any atom is -0.357 e. The zero-order valence-electron chi connectivity index (χ0n) is 18.2. The van der Waals surface area contributed by atoms with Gasteiger partial charge in [0.05, 0.1) is 4.91 Å². The maximum atomic E-state index is 12.9. The van der Waals surface area contributed by atoms with Crippen LogP contribution in [0.25, 0.3) is 6.08 Å². The molecule has 2 fully saturated rings. The van der Waals surface area contributed by atoms with Crippen LogP contribution < -0.4 is 10.5 Å². The van der Waals surface area contributed by atoms with Crippen LogP contribution in [-0.2, 0) is 11.8 Å². The van der Waals surface area contributed by atoms with E-state index < -0.39 is 0 Å². The molecule has 0 bridgehead atoms. The van der Waals surface area contributed by atoms with Crippen molar-refractivity contribution in [2.45, 2.75) is 40.5 Å². The molecule has 3 heterocycles. The van der Waals surface area contributed by atoms with Crippen molar-refractivity contribution in [3.8, 4) is 6.07 Å². The predicted molar refractivity (Wildman–Crippen MR) is 126 cm³/mol. The molecule has 2 atom stereocenters. The highest BCUT2D eigenvalue weighted by atomic mass is 32.2. The first kappa shape index (κ1) is 22.6. The van der Waals surface area contributed by atoms with Gasteiger partial charge in [-0.3, -0.25) is 19.1 Å². The van der Waals surface area contributed by atoms with Gasteiger partial charge in [-0.1, -0.05) is 44.8 Å². The standard InChI is InChI=1S/C22H28N4O2S2/c1-6-7-26-21(28)18(30-22(26)29)9-16-15(4)17(10-23)20(27)24(5)19(16)25-11-13(2)8-14(3)12-25/h9,13-14H,6-8,11-12H2,1-5H3/b18-9-. The lowest BCUT2D eigenvalue weighted by Crippen LogP contribution is -2.42. The van der Waals surface area contributed by atoms with Gasteiger partial charge in [0, 0.05) is 32.2 Å². The van der Waals surface area contributed by atoms with Crippen LogP contribution in [0.3, 0.4) is 0 Å². The summed E-state index contributed by atoms with van der Waals surface area (Å²) in [6, 6.07) is 2.06. The van der Waals surface area contributed by atoms with Crippen molar-refractivity contribution < 1.29 is 4.79 Å². The lowest BCUT2D eigenvalue weighted by atomic mass is 9.91. The molecule has 3 rings (SSSR count). The van der Waals surface area contributed by atoms with Gasteiger partial charge in [0.15, 0.2) is 0 Å². The Morgan fingerprint density at radius 2 is 1.90 bits per heavy atom. The monoisotopic (exact) mass is 444 g/mol. The Labute approximate surface area is 187 Å². The highest BCUT2D eigenvalue weighted by Gasteiger charge is 2.33. The summed E-state index contributed by atoms with van der Waals surface area (Å²) in [5.74, 6) is 1.66. The molecular weight excluding hydrogens is 416 g/mol. The zero-order chi connectivity index (χ0) is 22.2.